The molecular weight excluding hydrogens is 390 g/mol. The number of hydrogen-bond donors (Lipinski definition) is 2. The molecule has 0 spiro atoms. The van der Waals surface area contributed by atoms with E-state index in [2.05, 4.69) is 36.0 Å². The lowest BCUT2D eigenvalue weighted by Gasteiger charge is -2.35. The number of carbonyl (C=O) groups is 2. The molecule has 3 heterocycles. The van der Waals surface area contributed by atoms with Crippen LogP contribution in [0.4, 0.5) is 5.69 Å². The normalized spacial score (nSPS) is 17.5. The zero-order valence-corrected chi connectivity index (χ0v) is 18.6. The molecule has 2 amide bonds. The maximum atomic E-state index is 13.1. The average molecular weight is 423 g/mol. The Bertz CT molecular complexity index is 964. The number of hydrogen-bond acceptors (Lipinski definition) is 3. The summed E-state index contributed by atoms with van der Waals surface area (Å²) in [6, 6.07) is 12.0. The van der Waals surface area contributed by atoms with Crippen LogP contribution in [-0.4, -0.2) is 54.0 Å². The Hall–Kier alpha value is -3.06. The molecule has 2 aromatic rings. The van der Waals surface area contributed by atoms with E-state index in [1.807, 2.05) is 36.1 Å². The van der Waals surface area contributed by atoms with Gasteiger partial charge in [-0.2, -0.15) is 0 Å². The quantitative estimate of drug-likeness (QED) is 0.755. The molecule has 1 aromatic carbocycles. The van der Waals surface area contributed by atoms with Crippen LogP contribution in [0.25, 0.3) is 0 Å². The van der Waals surface area contributed by atoms with Crippen molar-refractivity contribution in [2.75, 3.05) is 37.7 Å². The van der Waals surface area contributed by atoms with Gasteiger partial charge >= 0.3 is 0 Å². The average Bonchev–Trinajstić information content (AvgIpc) is 3.10. The predicted molar refractivity (Wildman–Crippen MR) is 121 cm³/mol. The molecule has 2 aliphatic rings. The number of benzene rings is 1. The maximum absolute atomic E-state index is 13.1. The zero-order chi connectivity index (χ0) is 22.0. The molecule has 2 aliphatic heterocycles. The van der Waals surface area contributed by atoms with Crippen LogP contribution in [0.5, 0.6) is 0 Å². The van der Waals surface area contributed by atoms with Crippen molar-refractivity contribution < 1.29 is 14.5 Å². The van der Waals surface area contributed by atoms with Gasteiger partial charge in [-0.1, -0.05) is 17.7 Å². The van der Waals surface area contributed by atoms with Crippen LogP contribution >= 0.6 is 0 Å². The minimum atomic E-state index is -0.0646. The van der Waals surface area contributed by atoms with Gasteiger partial charge in [0.15, 0.2) is 0 Å². The van der Waals surface area contributed by atoms with Gasteiger partial charge < -0.3 is 14.4 Å². The summed E-state index contributed by atoms with van der Waals surface area (Å²) in [5.41, 5.74) is 8.01. The number of nitrogens with zero attached hydrogens (tertiary/aromatic N) is 3. The van der Waals surface area contributed by atoms with E-state index in [4.69, 9.17) is 0 Å². The first kappa shape index (κ1) is 21.2. The van der Waals surface area contributed by atoms with E-state index in [1.54, 1.807) is 6.08 Å². The van der Waals surface area contributed by atoms with Crippen molar-refractivity contribution in [3.8, 4) is 0 Å². The molecule has 7 nitrogen and oxygen atoms in total. The van der Waals surface area contributed by atoms with Crippen molar-refractivity contribution >= 4 is 17.5 Å². The maximum Gasteiger partial charge on any atom is 0.271 e. The number of aryl methyl sites for hydroxylation is 3. The number of rotatable bonds is 5. The Morgan fingerprint density at radius 1 is 1.00 bits per heavy atom. The number of piperazine rings is 1. The molecule has 0 atom stereocenters. The Morgan fingerprint density at radius 2 is 1.65 bits per heavy atom. The molecule has 0 saturated carbocycles. The number of quaternary nitrogens is 1. The van der Waals surface area contributed by atoms with Gasteiger partial charge in [0.05, 0.1) is 45.0 Å². The fraction of sp³-hybridized carbons (Fsp3) is 0.417. The SMILES string of the molecule is Cc1ccc(N2NC(C(=O)N3CC[NH+](CCn4c(C)ccc4C)CC3)=CCC2=O)cc1. The van der Waals surface area contributed by atoms with Crippen LogP contribution in [0.2, 0.25) is 0 Å². The molecule has 1 saturated heterocycles. The molecule has 1 fully saturated rings. The lowest BCUT2D eigenvalue weighted by atomic mass is 10.2. The Kier molecular flexibility index (Phi) is 6.13. The van der Waals surface area contributed by atoms with Crippen LogP contribution in [0.3, 0.4) is 0 Å². The smallest absolute Gasteiger partial charge is 0.271 e. The first-order chi connectivity index (χ1) is 14.9. The minimum absolute atomic E-state index is 0.0271. The highest BCUT2D eigenvalue weighted by Gasteiger charge is 2.30. The summed E-state index contributed by atoms with van der Waals surface area (Å²) in [5, 5.41) is 1.48. The fourth-order valence-electron chi connectivity index (χ4n) is 4.31. The van der Waals surface area contributed by atoms with Crippen LogP contribution in [-0.2, 0) is 16.1 Å². The molecule has 4 rings (SSSR count). The standard InChI is InChI=1S/C24H31N5O2/c1-18-4-8-21(9-5-18)29-23(30)11-10-22(25-29)24(31)27-15-12-26(13-16-27)14-17-28-19(2)6-7-20(28)3/h4-10,25H,11-17H2,1-3H3/p+1. The third kappa shape index (κ3) is 4.66. The molecule has 1 aromatic heterocycles. The third-order valence-corrected chi connectivity index (χ3v) is 6.35. The topological polar surface area (TPSA) is 62.0 Å². The third-order valence-electron chi connectivity index (χ3n) is 6.35. The van der Waals surface area contributed by atoms with E-state index in [9.17, 15) is 9.59 Å². The molecule has 7 heteroatoms. The molecular formula is C24H32N5O2+. The summed E-state index contributed by atoms with van der Waals surface area (Å²) in [4.78, 5) is 28.9. The highest BCUT2D eigenvalue weighted by atomic mass is 16.2. The van der Waals surface area contributed by atoms with Gasteiger partial charge in [-0.05, 0) is 51.1 Å². The van der Waals surface area contributed by atoms with Crippen molar-refractivity contribution in [3.05, 3.63) is 65.1 Å². The summed E-state index contributed by atoms with van der Waals surface area (Å²) >= 11 is 0. The van der Waals surface area contributed by atoms with Gasteiger partial charge in [0.1, 0.15) is 5.70 Å². The van der Waals surface area contributed by atoms with E-state index in [0.29, 0.717) is 5.70 Å². The van der Waals surface area contributed by atoms with Crippen LogP contribution < -0.4 is 15.3 Å². The Morgan fingerprint density at radius 3 is 2.29 bits per heavy atom. The summed E-state index contributed by atoms with van der Waals surface area (Å²) in [5.74, 6) is -0.0916. The summed E-state index contributed by atoms with van der Waals surface area (Å²) in [6.45, 7) is 11.7. The second kappa shape index (κ2) is 8.98. The Balaban J connectivity index is 1.32. The lowest BCUT2D eigenvalue weighted by molar-refractivity contribution is -0.904. The second-order valence-corrected chi connectivity index (χ2v) is 8.56. The zero-order valence-electron chi connectivity index (χ0n) is 18.6. The molecule has 0 radical (unpaired) electrons. The van der Waals surface area contributed by atoms with Crippen LogP contribution in [0, 0.1) is 20.8 Å². The number of nitrogens with one attached hydrogen (secondary N) is 2. The van der Waals surface area contributed by atoms with Crippen molar-refractivity contribution in [2.45, 2.75) is 33.7 Å². The molecule has 0 bridgehead atoms. The monoisotopic (exact) mass is 422 g/mol. The number of aromatic nitrogens is 1. The number of amides is 2. The van der Waals surface area contributed by atoms with Crippen molar-refractivity contribution in [1.82, 2.24) is 14.9 Å². The summed E-state index contributed by atoms with van der Waals surface area (Å²) in [6.07, 6.45) is 1.94. The first-order valence-electron chi connectivity index (χ1n) is 11.0. The minimum Gasteiger partial charge on any atom is -0.344 e. The number of hydrazine groups is 1. The Labute approximate surface area is 183 Å². The van der Waals surface area contributed by atoms with E-state index >= 15 is 0 Å². The number of anilines is 1. The van der Waals surface area contributed by atoms with E-state index in [1.165, 1.54) is 21.3 Å². The highest BCUT2D eigenvalue weighted by Crippen LogP contribution is 2.19. The van der Waals surface area contributed by atoms with Crippen LogP contribution in [0.15, 0.2) is 48.2 Å². The van der Waals surface area contributed by atoms with Gasteiger partial charge in [-0.25, -0.2) is 5.01 Å². The highest BCUT2D eigenvalue weighted by molar-refractivity contribution is 6.01. The van der Waals surface area contributed by atoms with Gasteiger partial charge in [-0.15, -0.1) is 0 Å². The fourth-order valence-corrected chi connectivity index (χ4v) is 4.31. The van der Waals surface area contributed by atoms with Gasteiger partial charge in [0.2, 0.25) is 5.91 Å². The van der Waals surface area contributed by atoms with Gasteiger partial charge in [0.25, 0.3) is 5.91 Å². The van der Waals surface area contributed by atoms with Crippen molar-refractivity contribution in [3.63, 3.8) is 0 Å². The first-order valence-corrected chi connectivity index (χ1v) is 11.0. The van der Waals surface area contributed by atoms with E-state index in [-0.39, 0.29) is 18.2 Å². The predicted octanol–water partition coefficient (Wildman–Crippen LogP) is 0.966. The molecule has 31 heavy (non-hydrogen) atoms. The molecule has 0 unspecified atom stereocenters. The van der Waals surface area contributed by atoms with Gasteiger partial charge in [0, 0.05) is 17.8 Å². The molecule has 164 valence electrons. The van der Waals surface area contributed by atoms with Crippen LogP contribution in [0.1, 0.15) is 23.4 Å². The largest absolute Gasteiger partial charge is 0.344 e. The second-order valence-electron chi connectivity index (χ2n) is 8.56. The van der Waals surface area contributed by atoms with Crippen molar-refractivity contribution in [1.29, 1.82) is 0 Å². The number of carbonyl (C=O) groups excluding carboxylic acids is 2. The van der Waals surface area contributed by atoms with Crippen molar-refractivity contribution in [2.24, 2.45) is 0 Å². The molecule has 0 aliphatic carbocycles. The summed E-state index contributed by atoms with van der Waals surface area (Å²) < 4.78 is 2.36. The molecule has 2 N–H and O–H groups in total. The lowest BCUT2D eigenvalue weighted by Crippen LogP contribution is -3.15. The van der Waals surface area contributed by atoms with E-state index in [0.717, 1.165) is 50.5 Å². The van der Waals surface area contributed by atoms with E-state index < -0.39 is 0 Å². The summed E-state index contributed by atoms with van der Waals surface area (Å²) in [7, 11) is 0. The van der Waals surface area contributed by atoms with Gasteiger partial charge in [-0.3, -0.25) is 15.0 Å².